The summed E-state index contributed by atoms with van der Waals surface area (Å²) in [6, 6.07) is 17.6. The Morgan fingerprint density at radius 2 is 1.84 bits per heavy atom. The van der Waals surface area contributed by atoms with E-state index in [0.29, 0.717) is 17.4 Å². The van der Waals surface area contributed by atoms with Crippen molar-refractivity contribution >= 4 is 11.6 Å². The molecule has 0 bridgehead atoms. The molecule has 3 heterocycles. The van der Waals surface area contributed by atoms with E-state index in [4.69, 9.17) is 16.6 Å². The number of nitrogens with one attached hydrogen (secondary N) is 1. The molecule has 0 saturated carbocycles. The van der Waals surface area contributed by atoms with Crippen LogP contribution in [-0.2, 0) is 13.0 Å². The highest BCUT2D eigenvalue weighted by Crippen LogP contribution is 2.30. The average Bonchev–Trinajstić information content (AvgIpc) is 3.57. The van der Waals surface area contributed by atoms with Crippen molar-refractivity contribution in [2.45, 2.75) is 52.5 Å². The van der Waals surface area contributed by atoms with Crippen molar-refractivity contribution in [1.82, 2.24) is 34.7 Å². The minimum Gasteiger partial charge on any atom is -0.292 e. The molecule has 5 rings (SSSR count). The number of halogens is 1. The molecule has 0 atom stereocenters. The lowest BCUT2D eigenvalue weighted by Crippen LogP contribution is -2.25. The van der Waals surface area contributed by atoms with Gasteiger partial charge in [0.2, 0.25) is 0 Å². The second-order valence-corrected chi connectivity index (χ2v) is 10.0. The van der Waals surface area contributed by atoms with Gasteiger partial charge in [-0.1, -0.05) is 81.3 Å². The van der Waals surface area contributed by atoms with E-state index in [9.17, 15) is 4.79 Å². The average molecular weight is 528 g/mol. The van der Waals surface area contributed by atoms with Crippen LogP contribution in [-0.4, -0.2) is 34.7 Å². The fourth-order valence-corrected chi connectivity index (χ4v) is 4.98. The number of unbranched alkanes of at least 4 members (excludes halogenated alkanes) is 1. The molecule has 0 aliphatic heterocycles. The molecule has 0 unspecified atom stereocenters. The van der Waals surface area contributed by atoms with Crippen LogP contribution in [0.1, 0.15) is 56.4 Å². The summed E-state index contributed by atoms with van der Waals surface area (Å²) >= 11 is 6.64. The van der Waals surface area contributed by atoms with E-state index in [0.717, 1.165) is 58.6 Å². The summed E-state index contributed by atoms with van der Waals surface area (Å²) in [5.74, 6) is 0.811. The molecule has 9 heteroatoms. The number of aryl methyl sites for hydroxylation is 1. The van der Waals surface area contributed by atoms with Crippen LogP contribution in [0.25, 0.3) is 28.3 Å². The van der Waals surface area contributed by atoms with Crippen molar-refractivity contribution in [2.24, 2.45) is 0 Å². The minimum atomic E-state index is -0.0988. The number of H-pyrrole nitrogens is 1. The fraction of sp³-hybridized carbons (Fsp3) is 0.276. The van der Waals surface area contributed by atoms with E-state index in [1.54, 1.807) is 4.57 Å². The molecule has 194 valence electrons. The van der Waals surface area contributed by atoms with E-state index in [1.165, 1.54) is 0 Å². The van der Waals surface area contributed by atoms with Gasteiger partial charge in [-0.3, -0.25) is 14.1 Å². The molecule has 2 aromatic carbocycles. The summed E-state index contributed by atoms with van der Waals surface area (Å²) < 4.78 is 3.56. The number of para-hydroxylation sites is 1. The van der Waals surface area contributed by atoms with Crippen LogP contribution < -0.4 is 5.69 Å². The van der Waals surface area contributed by atoms with Crippen LogP contribution in [0.3, 0.4) is 0 Å². The Hall–Kier alpha value is -4.04. The summed E-state index contributed by atoms with van der Waals surface area (Å²) in [5.41, 5.74) is 6.22. The molecule has 0 fully saturated rings. The summed E-state index contributed by atoms with van der Waals surface area (Å²) in [6.07, 6.45) is 6.62. The number of tetrazole rings is 1. The molecule has 0 aliphatic carbocycles. The van der Waals surface area contributed by atoms with Gasteiger partial charge in [0.15, 0.2) is 5.82 Å². The molecule has 38 heavy (non-hydrogen) atoms. The number of hydrogen-bond acceptors (Lipinski definition) is 5. The first-order valence-corrected chi connectivity index (χ1v) is 13.2. The van der Waals surface area contributed by atoms with Gasteiger partial charge < -0.3 is 0 Å². The van der Waals surface area contributed by atoms with Crippen molar-refractivity contribution in [2.75, 3.05) is 0 Å². The van der Waals surface area contributed by atoms with Crippen molar-refractivity contribution in [3.63, 3.8) is 0 Å². The van der Waals surface area contributed by atoms with E-state index in [1.807, 2.05) is 71.6 Å². The van der Waals surface area contributed by atoms with Crippen molar-refractivity contribution < 1.29 is 0 Å². The fourth-order valence-electron chi connectivity index (χ4n) is 4.71. The van der Waals surface area contributed by atoms with Gasteiger partial charge >= 0.3 is 5.69 Å². The summed E-state index contributed by atoms with van der Waals surface area (Å²) in [4.78, 5) is 18.5. The van der Waals surface area contributed by atoms with Gasteiger partial charge in [0.05, 0.1) is 22.9 Å². The van der Waals surface area contributed by atoms with Crippen LogP contribution in [0.4, 0.5) is 0 Å². The number of aromatic nitrogens is 7. The highest BCUT2D eigenvalue weighted by atomic mass is 35.5. The Bertz CT molecular complexity index is 1580. The maximum absolute atomic E-state index is 13.8. The van der Waals surface area contributed by atoms with Gasteiger partial charge in [0, 0.05) is 29.2 Å². The normalized spacial score (nSPS) is 11.4. The maximum Gasteiger partial charge on any atom is 0.333 e. The highest BCUT2D eigenvalue weighted by molar-refractivity contribution is 6.32. The van der Waals surface area contributed by atoms with E-state index in [-0.39, 0.29) is 11.6 Å². The molecule has 0 saturated heterocycles. The zero-order chi connectivity index (χ0) is 26.6. The van der Waals surface area contributed by atoms with Gasteiger partial charge in [-0.2, -0.15) is 0 Å². The summed E-state index contributed by atoms with van der Waals surface area (Å²) in [5, 5.41) is 14.8. The predicted molar refractivity (Wildman–Crippen MR) is 150 cm³/mol. The van der Waals surface area contributed by atoms with Crippen LogP contribution in [0.5, 0.6) is 0 Å². The van der Waals surface area contributed by atoms with Crippen LogP contribution in [0, 0.1) is 0 Å². The lowest BCUT2D eigenvalue weighted by Gasteiger charge is -2.14. The second-order valence-electron chi connectivity index (χ2n) is 9.64. The zero-order valence-corrected chi connectivity index (χ0v) is 22.5. The number of aromatic amines is 1. The van der Waals surface area contributed by atoms with Crippen molar-refractivity contribution in [1.29, 1.82) is 0 Å². The molecule has 0 radical (unpaired) electrons. The Morgan fingerprint density at radius 3 is 2.53 bits per heavy atom. The largest absolute Gasteiger partial charge is 0.333 e. The number of pyridine rings is 1. The number of nitrogens with zero attached hydrogens (tertiary/aromatic N) is 6. The Kier molecular flexibility index (Phi) is 7.51. The predicted octanol–water partition coefficient (Wildman–Crippen LogP) is 6.05. The molecule has 0 aliphatic rings. The van der Waals surface area contributed by atoms with Crippen LogP contribution in [0.2, 0.25) is 5.02 Å². The number of imidazole rings is 1. The van der Waals surface area contributed by atoms with E-state index < -0.39 is 0 Å². The SMILES string of the molecule is CCCCc1cn(-c2c(Cl)cccc2C(C)C)c(=O)n1Cc1ccc(-c2ccccc2-c2nnn[nH]2)nc1. The summed E-state index contributed by atoms with van der Waals surface area (Å²) in [7, 11) is 0. The number of hydrogen-bond donors (Lipinski definition) is 1. The van der Waals surface area contributed by atoms with Crippen LogP contribution in [0.15, 0.2) is 71.8 Å². The van der Waals surface area contributed by atoms with Gasteiger partial charge in [-0.15, -0.1) is 5.10 Å². The Morgan fingerprint density at radius 1 is 1.03 bits per heavy atom. The third-order valence-electron chi connectivity index (χ3n) is 6.70. The topological polar surface area (TPSA) is 94.3 Å². The smallest absolute Gasteiger partial charge is 0.292 e. The second kappa shape index (κ2) is 11.1. The quantitative estimate of drug-likeness (QED) is 0.252. The Balaban J connectivity index is 1.51. The molecule has 0 amide bonds. The first-order chi connectivity index (χ1) is 18.5. The first-order valence-electron chi connectivity index (χ1n) is 12.9. The standard InChI is InChI=1S/C29H30ClN7O/c1-4-5-9-21-18-37(27-22(19(2)3)12-8-13-25(27)30)29(38)36(21)17-20-14-15-26(31-16-20)23-10-6-7-11-24(23)28-32-34-35-33-28/h6-8,10-16,18-19H,4-5,9,17H2,1-3H3,(H,32,33,34,35). The third kappa shape index (κ3) is 5.04. The lowest BCUT2D eigenvalue weighted by atomic mass is 10.0. The molecular weight excluding hydrogens is 498 g/mol. The third-order valence-corrected chi connectivity index (χ3v) is 7.00. The minimum absolute atomic E-state index is 0.0988. The highest BCUT2D eigenvalue weighted by Gasteiger charge is 2.19. The van der Waals surface area contributed by atoms with Gasteiger partial charge in [0.25, 0.3) is 0 Å². The molecule has 3 aromatic heterocycles. The number of benzene rings is 2. The van der Waals surface area contributed by atoms with Crippen molar-refractivity contribution in [3.05, 3.63) is 99.3 Å². The molecule has 5 aromatic rings. The van der Waals surface area contributed by atoms with Crippen molar-refractivity contribution in [3.8, 4) is 28.3 Å². The molecule has 0 spiro atoms. The van der Waals surface area contributed by atoms with Gasteiger partial charge in [-0.05, 0) is 52.4 Å². The van der Waals surface area contributed by atoms with Gasteiger partial charge in [0.1, 0.15) is 0 Å². The first kappa shape index (κ1) is 25.6. The van der Waals surface area contributed by atoms with E-state index in [2.05, 4.69) is 41.4 Å². The Labute approximate surface area is 226 Å². The molecule has 8 nitrogen and oxygen atoms in total. The summed E-state index contributed by atoms with van der Waals surface area (Å²) in [6.45, 7) is 6.80. The lowest BCUT2D eigenvalue weighted by molar-refractivity contribution is 0.672. The van der Waals surface area contributed by atoms with Crippen LogP contribution >= 0.6 is 11.6 Å². The zero-order valence-electron chi connectivity index (χ0n) is 21.7. The monoisotopic (exact) mass is 527 g/mol. The number of rotatable bonds is 9. The molecule has 1 N–H and O–H groups in total. The van der Waals surface area contributed by atoms with Gasteiger partial charge in [-0.25, -0.2) is 9.89 Å². The maximum atomic E-state index is 13.8. The molecular formula is C29H30ClN7O. The van der Waals surface area contributed by atoms with E-state index >= 15 is 0 Å².